The minimum absolute atomic E-state index is 0.0107. The summed E-state index contributed by atoms with van der Waals surface area (Å²) in [5.74, 6) is 0.720. The molecule has 3 rings (SSSR count). The third kappa shape index (κ3) is 3.48. The van der Waals surface area contributed by atoms with Crippen LogP contribution in [-0.4, -0.2) is 11.2 Å². The van der Waals surface area contributed by atoms with Crippen LogP contribution in [0.15, 0.2) is 29.2 Å². The van der Waals surface area contributed by atoms with Crippen molar-refractivity contribution in [3.05, 3.63) is 45.2 Å². The first-order valence-electron chi connectivity index (χ1n) is 9.19. The number of ether oxygens (including phenoxy) is 1. The first-order chi connectivity index (χ1) is 12.2. The molecule has 1 aliphatic heterocycles. The molecule has 1 aliphatic rings. The van der Waals surface area contributed by atoms with Crippen LogP contribution in [0.2, 0.25) is 5.02 Å². The molecule has 0 saturated heterocycles. The van der Waals surface area contributed by atoms with Gasteiger partial charge in [0.15, 0.2) is 0 Å². The maximum Gasteiger partial charge on any atom is 0.205 e. The van der Waals surface area contributed by atoms with Crippen LogP contribution in [-0.2, 0) is 6.42 Å². The van der Waals surface area contributed by atoms with Gasteiger partial charge in [0.05, 0.1) is 23.0 Å². The van der Waals surface area contributed by atoms with E-state index in [0.717, 1.165) is 41.8 Å². The molecule has 0 fully saturated rings. The zero-order chi connectivity index (χ0) is 19.1. The van der Waals surface area contributed by atoms with E-state index in [4.69, 9.17) is 22.1 Å². The maximum atomic E-state index is 12.2. The van der Waals surface area contributed by atoms with E-state index in [2.05, 4.69) is 32.3 Å². The molecule has 0 spiro atoms. The van der Waals surface area contributed by atoms with Gasteiger partial charge in [0.1, 0.15) is 5.75 Å². The second-order valence-electron chi connectivity index (χ2n) is 8.11. The number of hydrogen-bond acceptors (Lipinski definition) is 3. The Morgan fingerprint density at radius 2 is 2.04 bits per heavy atom. The van der Waals surface area contributed by atoms with Crippen molar-refractivity contribution in [2.75, 3.05) is 12.3 Å². The van der Waals surface area contributed by atoms with Crippen LogP contribution in [0, 0.1) is 5.41 Å². The standard InChI is InChI=1S/C21H27ClN2O2/c1-5-6-7-26-19-8-13-9-20(21(2,3)4)24-12-16(23)18(25)11-17(24)14(13)10-15(19)22/h8,10-12,20H,5-7,9,23H2,1-4H3. The maximum absolute atomic E-state index is 12.2. The molecule has 0 saturated carbocycles. The summed E-state index contributed by atoms with van der Waals surface area (Å²) in [4.78, 5) is 12.2. The summed E-state index contributed by atoms with van der Waals surface area (Å²) in [5.41, 5.74) is 9.05. The molecular weight excluding hydrogens is 348 g/mol. The molecule has 2 heterocycles. The van der Waals surface area contributed by atoms with Crippen molar-refractivity contribution in [1.82, 2.24) is 4.57 Å². The normalized spacial score (nSPS) is 16.1. The average Bonchev–Trinajstić information content (AvgIpc) is 2.56. The molecule has 0 bridgehead atoms. The lowest BCUT2D eigenvalue weighted by molar-refractivity contribution is 0.237. The predicted octanol–water partition coefficient (Wildman–Crippen LogP) is 5.07. The molecule has 140 valence electrons. The fraction of sp³-hybridized carbons (Fsp3) is 0.476. The summed E-state index contributed by atoms with van der Waals surface area (Å²) in [5, 5.41) is 0.574. The van der Waals surface area contributed by atoms with E-state index in [-0.39, 0.29) is 22.6 Å². The van der Waals surface area contributed by atoms with Gasteiger partial charge in [-0.1, -0.05) is 45.7 Å². The van der Waals surface area contributed by atoms with Crippen molar-refractivity contribution in [2.24, 2.45) is 5.41 Å². The minimum atomic E-state index is -0.156. The molecular formula is C21H27ClN2O2. The molecule has 5 heteroatoms. The minimum Gasteiger partial charge on any atom is -0.492 e. The van der Waals surface area contributed by atoms with E-state index in [9.17, 15) is 4.79 Å². The van der Waals surface area contributed by atoms with Crippen LogP contribution in [0.1, 0.15) is 52.1 Å². The van der Waals surface area contributed by atoms with Gasteiger partial charge < -0.3 is 15.0 Å². The van der Waals surface area contributed by atoms with Gasteiger partial charge in [-0.05, 0) is 36.0 Å². The van der Waals surface area contributed by atoms with Gasteiger partial charge >= 0.3 is 0 Å². The third-order valence-corrected chi connectivity index (χ3v) is 5.34. The Labute approximate surface area is 159 Å². The highest BCUT2D eigenvalue weighted by Crippen LogP contribution is 2.45. The van der Waals surface area contributed by atoms with Crippen LogP contribution >= 0.6 is 11.6 Å². The Hall–Kier alpha value is -1.94. The number of rotatable bonds is 4. The summed E-state index contributed by atoms with van der Waals surface area (Å²) in [6, 6.07) is 5.77. The highest BCUT2D eigenvalue weighted by atomic mass is 35.5. The number of anilines is 1. The Kier molecular flexibility index (Phi) is 5.07. The van der Waals surface area contributed by atoms with E-state index in [1.54, 1.807) is 12.3 Å². The van der Waals surface area contributed by atoms with Crippen molar-refractivity contribution in [3.63, 3.8) is 0 Å². The Bertz CT molecular complexity index is 881. The molecule has 1 aromatic heterocycles. The van der Waals surface area contributed by atoms with Crippen LogP contribution in [0.5, 0.6) is 5.75 Å². The Morgan fingerprint density at radius 3 is 2.69 bits per heavy atom. The number of unbranched alkanes of at least 4 members (excludes halogenated alkanes) is 1. The first-order valence-corrected chi connectivity index (χ1v) is 9.57. The summed E-state index contributed by atoms with van der Waals surface area (Å²) in [6.45, 7) is 9.40. The molecule has 0 radical (unpaired) electrons. The van der Waals surface area contributed by atoms with Crippen LogP contribution in [0.3, 0.4) is 0 Å². The predicted molar refractivity (Wildman–Crippen MR) is 108 cm³/mol. The number of nitrogens with zero attached hydrogens (tertiary/aromatic N) is 1. The molecule has 26 heavy (non-hydrogen) atoms. The van der Waals surface area contributed by atoms with Gasteiger partial charge in [-0.2, -0.15) is 0 Å². The van der Waals surface area contributed by atoms with Crippen molar-refractivity contribution >= 4 is 17.3 Å². The SMILES string of the molecule is CCCCOc1cc2c(cc1Cl)-c1cc(=O)c(N)cn1C(C(C)(C)C)C2. The molecule has 2 N–H and O–H groups in total. The van der Waals surface area contributed by atoms with Crippen molar-refractivity contribution in [2.45, 2.75) is 53.0 Å². The van der Waals surface area contributed by atoms with Gasteiger partial charge in [-0.25, -0.2) is 0 Å². The number of aromatic nitrogens is 1. The molecule has 2 aromatic rings. The molecule has 4 nitrogen and oxygen atoms in total. The Balaban J connectivity index is 2.14. The second-order valence-corrected chi connectivity index (χ2v) is 8.52. The summed E-state index contributed by atoms with van der Waals surface area (Å²) in [7, 11) is 0. The zero-order valence-corrected chi connectivity index (χ0v) is 16.7. The fourth-order valence-corrected chi connectivity index (χ4v) is 3.73. The zero-order valence-electron chi connectivity index (χ0n) is 15.9. The first kappa shape index (κ1) is 18.8. The van der Waals surface area contributed by atoms with Gasteiger partial charge in [-0.3, -0.25) is 4.79 Å². The number of nitrogens with two attached hydrogens (primary N) is 1. The number of benzene rings is 1. The summed E-state index contributed by atoms with van der Waals surface area (Å²) < 4.78 is 8.01. The van der Waals surface area contributed by atoms with Gasteiger partial charge in [0.2, 0.25) is 5.43 Å². The number of nitrogen functional groups attached to an aromatic ring is 1. The molecule has 1 atom stereocenters. The number of pyridine rings is 1. The average molecular weight is 375 g/mol. The Morgan fingerprint density at radius 1 is 1.31 bits per heavy atom. The van der Waals surface area contributed by atoms with E-state index in [1.807, 2.05) is 12.1 Å². The van der Waals surface area contributed by atoms with Gasteiger partial charge in [0.25, 0.3) is 0 Å². The van der Waals surface area contributed by atoms with Crippen molar-refractivity contribution in [3.8, 4) is 17.0 Å². The van der Waals surface area contributed by atoms with Crippen LogP contribution < -0.4 is 15.9 Å². The van der Waals surface area contributed by atoms with E-state index < -0.39 is 0 Å². The van der Waals surface area contributed by atoms with E-state index in [1.165, 1.54) is 0 Å². The topological polar surface area (TPSA) is 57.2 Å². The summed E-state index contributed by atoms with van der Waals surface area (Å²) >= 11 is 6.47. The largest absolute Gasteiger partial charge is 0.492 e. The molecule has 0 aliphatic carbocycles. The van der Waals surface area contributed by atoms with E-state index in [0.29, 0.717) is 11.6 Å². The van der Waals surface area contributed by atoms with Crippen LogP contribution in [0.4, 0.5) is 5.69 Å². The van der Waals surface area contributed by atoms with E-state index >= 15 is 0 Å². The van der Waals surface area contributed by atoms with Gasteiger partial charge in [-0.15, -0.1) is 0 Å². The number of hydrogen-bond donors (Lipinski definition) is 1. The second kappa shape index (κ2) is 6.99. The van der Waals surface area contributed by atoms with Crippen LogP contribution in [0.25, 0.3) is 11.3 Å². The van der Waals surface area contributed by atoms with Crippen molar-refractivity contribution < 1.29 is 4.74 Å². The number of fused-ring (bicyclic) bond motifs is 3. The lowest BCUT2D eigenvalue weighted by Crippen LogP contribution is -2.32. The quantitative estimate of drug-likeness (QED) is 0.760. The molecule has 1 unspecified atom stereocenters. The monoisotopic (exact) mass is 374 g/mol. The smallest absolute Gasteiger partial charge is 0.205 e. The number of halogens is 1. The van der Waals surface area contributed by atoms with Crippen molar-refractivity contribution in [1.29, 1.82) is 0 Å². The molecule has 1 aromatic carbocycles. The summed E-state index contributed by atoms with van der Waals surface area (Å²) in [6.07, 6.45) is 4.69. The lowest BCUT2D eigenvalue weighted by atomic mass is 9.79. The lowest BCUT2D eigenvalue weighted by Gasteiger charge is -2.39. The molecule has 0 amide bonds. The highest BCUT2D eigenvalue weighted by molar-refractivity contribution is 6.32. The highest BCUT2D eigenvalue weighted by Gasteiger charge is 2.33. The fourth-order valence-electron chi connectivity index (χ4n) is 3.51. The third-order valence-electron chi connectivity index (χ3n) is 5.05. The van der Waals surface area contributed by atoms with Gasteiger partial charge in [0, 0.05) is 23.9 Å².